The number of benzene rings is 1. The number of rotatable bonds is 4. The first-order chi connectivity index (χ1) is 8.18. The van der Waals surface area contributed by atoms with E-state index in [2.05, 4.69) is 20.7 Å². The molecule has 1 N–H and O–H groups in total. The molecule has 0 atom stereocenters. The van der Waals surface area contributed by atoms with Gasteiger partial charge in [-0.1, -0.05) is 22.9 Å². The predicted molar refractivity (Wildman–Crippen MR) is 64.6 cm³/mol. The zero-order chi connectivity index (χ0) is 14.0. The van der Waals surface area contributed by atoms with Crippen molar-refractivity contribution in [2.75, 3.05) is 6.54 Å². The average Bonchev–Trinajstić information content (AvgIpc) is 2.25. The molecule has 0 bridgehead atoms. The predicted octanol–water partition coefficient (Wildman–Crippen LogP) is 3.16. The molecule has 3 nitrogen and oxygen atoms in total. The summed E-state index contributed by atoms with van der Waals surface area (Å²) in [7, 11) is -4.14. The van der Waals surface area contributed by atoms with Crippen LogP contribution in [0.3, 0.4) is 0 Å². The van der Waals surface area contributed by atoms with Crippen molar-refractivity contribution >= 4 is 26.0 Å². The van der Waals surface area contributed by atoms with Gasteiger partial charge in [0, 0.05) is 11.0 Å². The zero-order valence-corrected chi connectivity index (χ0v) is 11.8. The number of hydrogen-bond donors (Lipinski definition) is 1. The van der Waals surface area contributed by atoms with Crippen molar-refractivity contribution in [2.45, 2.75) is 24.4 Å². The first-order valence-electron chi connectivity index (χ1n) is 5.05. The minimum absolute atomic E-state index is 0.0930. The topological polar surface area (TPSA) is 46.2 Å². The Morgan fingerprint density at radius 2 is 1.94 bits per heavy atom. The maximum absolute atomic E-state index is 12.8. The van der Waals surface area contributed by atoms with Crippen LogP contribution in [0.15, 0.2) is 27.6 Å². The summed E-state index contributed by atoms with van der Waals surface area (Å²) in [6.07, 6.45) is -4.23. The number of halogens is 4. The van der Waals surface area contributed by atoms with E-state index < -0.39 is 26.7 Å². The van der Waals surface area contributed by atoms with Gasteiger partial charge in [-0.15, -0.1) is 0 Å². The first-order valence-corrected chi connectivity index (χ1v) is 7.32. The molecule has 1 rings (SSSR count). The van der Waals surface area contributed by atoms with Crippen molar-refractivity contribution in [3.05, 3.63) is 28.2 Å². The highest BCUT2D eigenvalue weighted by atomic mass is 79.9. The molecule has 0 aliphatic carbocycles. The van der Waals surface area contributed by atoms with Crippen LogP contribution in [0.4, 0.5) is 13.2 Å². The molecule has 0 heterocycles. The third-order valence-corrected chi connectivity index (χ3v) is 4.09. The van der Waals surface area contributed by atoms with Crippen molar-refractivity contribution in [1.82, 2.24) is 4.72 Å². The number of nitrogens with one attached hydrogen (secondary N) is 1. The molecule has 0 radical (unpaired) electrons. The molecule has 0 spiro atoms. The summed E-state index contributed by atoms with van der Waals surface area (Å²) in [6.45, 7) is 1.81. The highest BCUT2D eigenvalue weighted by Gasteiger charge is 2.37. The second kappa shape index (κ2) is 5.58. The van der Waals surface area contributed by atoms with Gasteiger partial charge in [-0.25, -0.2) is 13.1 Å². The van der Waals surface area contributed by atoms with Crippen molar-refractivity contribution in [3.63, 3.8) is 0 Å². The van der Waals surface area contributed by atoms with Crippen LogP contribution in [0.5, 0.6) is 0 Å². The summed E-state index contributed by atoms with van der Waals surface area (Å²) >= 11 is 2.89. The van der Waals surface area contributed by atoms with Gasteiger partial charge in [0.15, 0.2) is 0 Å². The van der Waals surface area contributed by atoms with E-state index in [0.717, 1.165) is 12.1 Å². The fourth-order valence-corrected chi connectivity index (χ4v) is 2.97. The van der Waals surface area contributed by atoms with E-state index in [9.17, 15) is 21.6 Å². The largest absolute Gasteiger partial charge is 0.417 e. The summed E-state index contributed by atoms with van der Waals surface area (Å²) in [6, 6.07) is 2.95. The van der Waals surface area contributed by atoms with Gasteiger partial charge in [-0.2, -0.15) is 13.2 Å². The molecule has 0 unspecified atom stereocenters. The van der Waals surface area contributed by atoms with E-state index in [-0.39, 0.29) is 11.0 Å². The van der Waals surface area contributed by atoms with Crippen LogP contribution in [-0.2, 0) is 16.2 Å². The van der Waals surface area contributed by atoms with Gasteiger partial charge >= 0.3 is 6.18 Å². The SMILES string of the molecule is CCCNS(=O)(=O)c1ccc(Br)cc1C(F)(F)F. The Labute approximate surface area is 112 Å². The number of hydrogen-bond acceptors (Lipinski definition) is 2. The summed E-state index contributed by atoms with van der Waals surface area (Å²) in [5.74, 6) is 0. The van der Waals surface area contributed by atoms with Crippen LogP contribution < -0.4 is 4.72 Å². The van der Waals surface area contributed by atoms with Crippen molar-refractivity contribution in [1.29, 1.82) is 0 Å². The van der Waals surface area contributed by atoms with E-state index in [1.165, 1.54) is 6.07 Å². The Balaban J connectivity index is 3.33. The van der Waals surface area contributed by atoms with Gasteiger partial charge < -0.3 is 0 Å². The van der Waals surface area contributed by atoms with E-state index in [1.54, 1.807) is 6.92 Å². The Hall–Kier alpha value is -0.600. The molecule has 0 aromatic heterocycles. The van der Waals surface area contributed by atoms with Crippen LogP contribution in [0.25, 0.3) is 0 Å². The van der Waals surface area contributed by atoms with Gasteiger partial charge in [0.1, 0.15) is 0 Å². The van der Waals surface area contributed by atoms with Crippen molar-refractivity contribution in [3.8, 4) is 0 Å². The standard InChI is InChI=1S/C10H11BrF3NO2S/c1-2-5-15-18(16,17)9-4-3-7(11)6-8(9)10(12,13)14/h3-4,6,15H,2,5H2,1H3. The molecule has 0 fully saturated rings. The lowest BCUT2D eigenvalue weighted by Crippen LogP contribution is -2.27. The van der Waals surface area contributed by atoms with Gasteiger partial charge in [-0.3, -0.25) is 0 Å². The highest BCUT2D eigenvalue weighted by Crippen LogP contribution is 2.35. The second-order valence-electron chi connectivity index (χ2n) is 3.54. The van der Waals surface area contributed by atoms with Crippen LogP contribution in [0.1, 0.15) is 18.9 Å². The summed E-state index contributed by atoms with van der Waals surface area (Å²) in [5, 5.41) is 0. The van der Waals surface area contributed by atoms with E-state index in [1.807, 2.05) is 0 Å². The van der Waals surface area contributed by atoms with Crippen LogP contribution >= 0.6 is 15.9 Å². The first kappa shape index (κ1) is 15.5. The molecule has 102 valence electrons. The lowest BCUT2D eigenvalue weighted by atomic mass is 10.2. The van der Waals surface area contributed by atoms with Gasteiger partial charge in [0.05, 0.1) is 10.5 Å². The lowest BCUT2D eigenvalue weighted by Gasteiger charge is -2.14. The minimum atomic E-state index is -4.72. The fraction of sp³-hybridized carbons (Fsp3) is 0.400. The monoisotopic (exact) mass is 345 g/mol. The molecule has 8 heteroatoms. The van der Waals surface area contributed by atoms with Crippen molar-refractivity contribution < 1.29 is 21.6 Å². The molecule has 0 saturated heterocycles. The normalized spacial score (nSPS) is 12.7. The molecule has 18 heavy (non-hydrogen) atoms. The zero-order valence-electron chi connectivity index (χ0n) is 9.38. The minimum Gasteiger partial charge on any atom is -0.211 e. The quantitative estimate of drug-likeness (QED) is 0.910. The van der Waals surface area contributed by atoms with Gasteiger partial charge in [0.25, 0.3) is 0 Å². The Kier molecular flexibility index (Phi) is 4.79. The van der Waals surface area contributed by atoms with Crippen LogP contribution in [0, 0.1) is 0 Å². The molecule has 0 amide bonds. The smallest absolute Gasteiger partial charge is 0.211 e. The van der Waals surface area contributed by atoms with Crippen LogP contribution in [-0.4, -0.2) is 15.0 Å². The van der Waals surface area contributed by atoms with Gasteiger partial charge in [0.2, 0.25) is 10.0 Å². The number of alkyl halides is 3. The lowest BCUT2D eigenvalue weighted by molar-refractivity contribution is -0.139. The van der Waals surface area contributed by atoms with Crippen LogP contribution in [0.2, 0.25) is 0 Å². The van der Waals surface area contributed by atoms with Gasteiger partial charge in [-0.05, 0) is 24.6 Å². The summed E-state index contributed by atoms with van der Waals surface area (Å²) in [5.41, 5.74) is -1.18. The Morgan fingerprint density at radius 1 is 1.33 bits per heavy atom. The van der Waals surface area contributed by atoms with E-state index in [4.69, 9.17) is 0 Å². The molecule has 0 saturated carbocycles. The molecular formula is C10H11BrF3NO2S. The summed E-state index contributed by atoms with van der Waals surface area (Å²) < 4.78 is 64.1. The fourth-order valence-electron chi connectivity index (χ4n) is 1.27. The molecular weight excluding hydrogens is 335 g/mol. The average molecular weight is 346 g/mol. The molecule has 0 aliphatic heterocycles. The Bertz CT molecular complexity index is 528. The number of sulfonamides is 1. The highest BCUT2D eigenvalue weighted by molar-refractivity contribution is 9.10. The third kappa shape index (κ3) is 3.69. The second-order valence-corrected chi connectivity index (χ2v) is 6.19. The van der Waals surface area contributed by atoms with E-state index in [0.29, 0.717) is 6.42 Å². The maximum atomic E-state index is 12.8. The van der Waals surface area contributed by atoms with E-state index >= 15 is 0 Å². The Morgan fingerprint density at radius 3 is 2.44 bits per heavy atom. The maximum Gasteiger partial charge on any atom is 0.417 e. The van der Waals surface area contributed by atoms with Crippen molar-refractivity contribution in [2.24, 2.45) is 0 Å². The molecule has 0 aliphatic rings. The third-order valence-electron chi connectivity index (χ3n) is 2.08. The molecule has 1 aromatic rings. The molecule has 1 aromatic carbocycles. The summed E-state index contributed by atoms with van der Waals surface area (Å²) in [4.78, 5) is -0.758.